The highest BCUT2D eigenvalue weighted by molar-refractivity contribution is 7.94. The summed E-state index contributed by atoms with van der Waals surface area (Å²) in [5, 5.41) is 17.8. The highest BCUT2D eigenvalue weighted by Crippen LogP contribution is 2.36. The van der Waals surface area contributed by atoms with E-state index in [1.54, 1.807) is 28.8 Å². The van der Waals surface area contributed by atoms with Crippen LogP contribution in [-0.2, 0) is 32.7 Å². The SMILES string of the molecule is CC(C)N(c1cccc2cc(-c3ncc(CN(C)Cc4ccccn4)s3)[nH]c12)S(=O)(=O)c1cccs1.O=C(O)C(F)(F)F.O=C(O)C(F)(F)F. The number of carbonyl (C=O) groups is 2. The molecule has 0 spiro atoms. The normalized spacial score (nSPS) is 11.9. The van der Waals surface area contributed by atoms with Gasteiger partial charge in [-0.3, -0.25) is 14.2 Å². The minimum absolute atomic E-state index is 0.254. The summed E-state index contributed by atoms with van der Waals surface area (Å²) in [6.45, 7) is 5.30. The summed E-state index contributed by atoms with van der Waals surface area (Å²) in [6.07, 6.45) is -6.45. The lowest BCUT2D eigenvalue weighted by molar-refractivity contribution is -0.193. The molecule has 0 saturated carbocycles. The summed E-state index contributed by atoms with van der Waals surface area (Å²) in [7, 11) is -1.62. The van der Waals surface area contributed by atoms with Gasteiger partial charge in [0.1, 0.15) is 9.22 Å². The molecule has 4 aromatic heterocycles. The van der Waals surface area contributed by atoms with Crippen LogP contribution in [0.15, 0.2) is 76.6 Å². The Bertz CT molecular complexity index is 1960. The van der Waals surface area contributed by atoms with E-state index in [1.165, 1.54) is 15.6 Å². The summed E-state index contributed by atoms with van der Waals surface area (Å²) in [5.74, 6) is -5.51. The second kappa shape index (κ2) is 16.5. The number of aromatic nitrogens is 3. The number of pyridine rings is 1. The summed E-state index contributed by atoms with van der Waals surface area (Å²) < 4.78 is 92.3. The standard InChI is InChI=1S/C26H27N5O2S3.2C2HF3O2/c1-18(2)31(36(32,33)24-11-7-13-34-24)23-10-6-8-19-14-22(29-25(19)23)26-28-15-21(35-26)17-30(3)16-20-9-4-5-12-27-20;2*3-2(4,5)1(6)7/h4-15,18,29H,16-17H2,1-3H3;2*(H,6,7). The van der Waals surface area contributed by atoms with Crippen LogP contribution in [0, 0.1) is 0 Å². The van der Waals surface area contributed by atoms with E-state index >= 15 is 0 Å². The monoisotopic (exact) mass is 765 g/mol. The maximum absolute atomic E-state index is 13.5. The number of anilines is 1. The van der Waals surface area contributed by atoms with Crippen molar-refractivity contribution in [1.29, 1.82) is 0 Å². The van der Waals surface area contributed by atoms with Crippen molar-refractivity contribution in [2.75, 3.05) is 11.4 Å². The van der Waals surface area contributed by atoms with Crippen molar-refractivity contribution < 1.29 is 54.6 Å². The van der Waals surface area contributed by atoms with Gasteiger partial charge in [-0.1, -0.05) is 24.3 Å². The molecule has 0 bridgehead atoms. The first-order chi connectivity index (χ1) is 23.2. The molecule has 1 aromatic carbocycles. The summed E-state index contributed by atoms with van der Waals surface area (Å²) in [5.41, 5.74) is 3.32. The number of alkyl halides is 6. The van der Waals surface area contributed by atoms with Crippen molar-refractivity contribution in [2.45, 2.75) is 49.5 Å². The molecule has 0 aliphatic rings. The van der Waals surface area contributed by atoms with Gasteiger partial charge >= 0.3 is 24.3 Å². The molecule has 0 fully saturated rings. The molecule has 20 heteroatoms. The second-order valence-corrected chi connectivity index (χ2v) is 14.6. The number of sulfonamides is 1. The van der Waals surface area contributed by atoms with Gasteiger partial charge in [0.15, 0.2) is 0 Å². The summed E-state index contributed by atoms with van der Waals surface area (Å²) in [4.78, 5) is 33.7. The topological polar surface area (TPSA) is 157 Å². The maximum atomic E-state index is 13.5. The van der Waals surface area contributed by atoms with Crippen molar-refractivity contribution in [3.8, 4) is 10.7 Å². The molecule has 270 valence electrons. The molecular weight excluding hydrogens is 737 g/mol. The van der Waals surface area contributed by atoms with Gasteiger partial charge in [-0.15, -0.1) is 22.7 Å². The molecule has 5 aromatic rings. The fourth-order valence-electron chi connectivity index (χ4n) is 4.23. The van der Waals surface area contributed by atoms with Crippen LogP contribution in [0.1, 0.15) is 24.4 Å². The van der Waals surface area contributed by atoms with Gasteiger partial charge in [-0.05, 0) is 56.6 Å². The number of aliphatic carboxylic acids is 2. The Morgan fingerprint density at radius 3 is 2.08 bits per heavy atom. The van der Waals surface area contributed by atoms with Gasteiger partial charge in [0, 0.05) is 41.8 Å². The average molecular weight is 766 g/mol. The average Bonchev–Trinajstić information content (AvgIpc) is 3.79. The van der Waals surface area contributed by atoms with Crippen LogP contribution >= 0.6 is 22.7 Å². The zero-order chi connectivity index (χ0) is 37.4. The third kappa shape index (κ3) is 10.7. The maximum Gasteiger partial charge on any atom is 0.490 e. The first kappa shape index (κ1) is 39.9. The highest BCUT2D eigenvalue weighted by Gasteiger charge is 2.39. The lowest BCUT2D eigenvalue weighted by atomic mass is 10.2. The van der Waals surface area contributed by atoms with Crippen molar-refractivity contribution in [3.63, 3.8) is 0 Å². The predicted molar refractivity (Wildman–Crippen MR) is 175 cm³/mol. The van der Waals surface area contributed by atoms with Crippen LogP contribution in [0.2, 0.25) is 0 Å². The zero-order valence-corrected chi connectivity index (χ0v) is 28.7. The number of H-pyrrole nitrogens is 1. The first-order valence-corrected chi connectivity index (χ1v) is 17.2. The van der Waals surface area contributed by atoms with Gasteiger partial charge in [0.2, 0.25) is 0 Å². The molecule has 11 nitrogen and oxygen atoms in total. The van der Waals surface area contributed by atoms with Crippen LogP contribution < -0.4 is 4.31 Å². The molecule has 3 N–H and O–H groups in total. The minimum Gasteiger partial charge on any atom is -0.475 e. The van der Waals surface area contributed by atoms with Crippen molar-refractivity contribution in [3.05, 3.63) is 82.9 Å². The number of carboxylic acids is 2. The quantitative estimate of drug-likeness (QED) is 0.132. The number of nitrogens with one attached hydrogen (secondary N) is 1. The Balaban J connectivity index is 0.000000408. The largest absolute Gasteiger partial charge is 0.490 e. The predicted octanol–water partition coefficient (Wildman–Crippen LogP) is 7.25. The van der Waals surface area contributed by atoms with E-state index in [4.69, 9.17) is 19.8 Å². The Labute approximate surface area is 289 Å². The third-order valence-electron chi connectivity index (χ3n) is 6.20. The number of halogens is 6. The molecule has 0 amide bonds. The van der Waals surface area contributed by atoms with Crippen molar-refractivity contribution in [2.24, 2.45) is 0 Å². The van der Waals surface area contributed by atoms with Crippen LogP contribution in [0.3, 0.4) is 0 Å². The van der Waals surface area contributed by atoms with E-state index in [0.29, 0.717) is 9.90 Å². The van der Waals surface area contributed by atoms with Crippen molar-refractivity contribution in [1.82, 2.24) is 19.9 Å². The van der Waals surface area contributed by atoms with Gasteiger partial charge in [0.05, 0.1) is 22.6 Å². The van der Waals surface area contributed by atoms with E-state index < -0.39 is 34.3 Å². The van der Waals surface area contributed by atoms with Crippen molar-refractivity contribution >= 4 is 61.2 Å². The van der Waals surface area contributed by atoms with Gasteiger partial charge in [0.25, 0.3) is 10.0 Å². The van der Waals surface area contributed by atoms with Crippen LogP contribution in [-0.4, -0.2) is 75.9 Å². The van der Waals surface area contributed by atoms with Crippen LogP contribution in [0.25, 0.3) is 21.6 Å². The second-order valence-electron chi connectivity index (χ2n) is 10.5. The van der Waals surface area contributed by atoms with Gasteiger partial charge < -0.3 is 15.2 Å². The number of rotatable bonds is 9. The Kier molecular flexibility index (Phi) is 13.1. The van der Waals surface area contributed by atoms with Crippen LogP contribution in [0.4, 0.5) is 32.0 Å². The molecule has 0 saturated heterocycles. The number of para-hydroxylation sites is 1. The molecule has 0 atom stereocenters. The molecule has 0 radical (unpaired) electrons. The molecule has 0 aliphatic heterocycles. The number of hydrogen-bond acceptors (Lipinski definition) is 9. The lowest BCUT2D eigenvalue weighted by Crippen LogP contribution is -2.36. The Morgan fingerprint density at radius 2 is 1.56 bits per heavy atom. The number of fused-ring (bicyclic) bond motifs is 1. The number of thiazole rings is 1. The van der Waals surface area contributed by atoms with Crippen LogP contribution in [0.5, 0.6) is 0 Å². The van der Waals surface area contributed by atoms with E-state index in [1.807, 2.05) is 68.7 Å². The number of carboxylic acid groups (broad SMARTS) is 2. The fourth-order valence-corrected chi connectivity index (χ4v) is 7.94. The number of benzene rings is 1. The third-order valence-corrected chi connectivity index (χ3v) is 10.6. The van der Waals surface area contributed by atoms with E-state index in [2.05, 4.69) is 26.9 Å². The Hall–Kier alpha value is -4.53. The number of aromatic amines is 1. The number of thiophene rings is 1. The molecule has 0 unspecified atom stereocenters. The summed E-state index contributed by atoms with van der Waals surface area (Å²) in [6, 6.07) is 16.9. The fraction of sp³-hybridized carbons (Fsp3) is 0.267. The minimum atomic E-state index is -5.08. The molecule has 50 heavy (non-hydrogen) atoms. The number of nitrogens with zero attached hydrogens (tertiary/aromatic N) is 4. The molecule has 0 aliphatic carbocycles. The smallest absolute Gasteiger partial charge is 0.475 e. The number of hydrogen-bond donors (Lipinski definition) is 3. The molecule has 4 heterocycles. The highest BCUT2D eigenvalue weighted by atomic mass is 32.2. The molecule has 5 rings (SSSR count). The van der Waals surface area contributed by atoms with Gasteiger partial charge in [-0.25, -0.2) is 23.0 Å². The van der Waals surface area contributed by atoms with E-state index in [0.717, 1.165) is 45.3 Å². The van der Waals surface area contributed by atoms with E-state index in [9.17, 15) is 34.8 Å². The van der Waals surface area contributed by atoms with Gasteiger partial charge in [-0.2, -0.15) is 26.3 Å². The zero-order valence-electron chi connectivity index (χ0n) is 26.2. The lowest BCUT2D eigenvalue weighted by Gasteiger charge is -2.28. The summed E-state index contributed by atoms with van der Waals surface area (Å²) >= 11 is 2.86. The Morgan fingerprint density at radius 1 is 0.920 bits per heavy atom. The first-order valence-electron chi connectivity index (χ1n) is 14.0. The van der Waals surface area contributed by atoms with E-state index in [-0.39, 0.29) is 6.04 Å². The molecular formula is C30H29F6N5O6S3.